The molecule has 0 bridgehead atoms. The van der Waals surface area contributed by atoms with E-state index in [9.17, 15) is 0 Å². The zero-order chi connectivity index (χ0) is 12.9. The minimum absolute atomic E-state index is 1.14. The number of nitrogens with one attached hydrogen (secondary N) is 1. The van der Waals surface area contributed by atoms with Gasteiger partial charge in [0.05, 0.1) is 0 Å². The van der Waals surface area contributed by atoms with Gasteiger partial charge in [-0.15, -0.1) is 0 Å². The second-order valence-corrected chi connectivity index (χ2v) is 4.69. The maximum absolute atomic E-state index is 3.04. The van der Waals surface area contributed by atoms with Gasteiger partial charge < -0.3 is 5.32 Å². The van der Waals surface area contributed by atoms with Gasteiger partial charge in [-0.3, -0.25) is 0 Å². The number of benzene rings is 3. The van der Waals surface area contributed by atoms with E-state index in [1.807, 2.05) is 6.20 Å². The van der Waals surface area contributed by atoms with Gasteiger partial charge in [0, 0.05) is 6.54 Å². The third-order valence-corrected chi connectivity index (χ3v) is 3.31. The minimum Gasteiger partial charge on any atom is -0.391 e. The molecular weight excluding hydrogens is 230 g/mol. The van der Waals surface area contributed by atoms with Gasteiger partial charge in [-0.1, -0.05) is 54.6 Å². The summed E-state index contributed by atoms with van der Waals surface area (Å²) in [4.78, 5) is 0. The molecule has 0 aromatic heterocycles. The van der Waals surface area contributed by atoms with Gasteiger partial charge in [-0.2, -0.15) is 0 Å². The van der Waals surface area contributed by atoms with Crippen LogP contribution in [0.5, 0.6) is 0 Å². The molecule has 19 heavy (non-hydrogen) atoms. The van der Waals surface area contributed by atoms with Crippen molar-refractivity contribution in [1.29, 1.82) is 0 Å². The predicted molar refractivity (Wildman–Crippen MR) is 83.2 cm³/mol. The van der Waals surface area contributed by atoms with Crippen molar-refractivity contribution in [2.24, 2.45) is 0 Å². The first-order chi connectivity index (χ1) is 9.43. The van der Waals surface area contributed by atoms with Crippen molar-refractivity contribution in [2.75, 3.05) is 6.54 Å². The van der Waals surface area contributed by atoms with Gasteiger partial charge in [-0.05, 0) is 46.3 Å². The topological polar surface area (TPSA) is 12.0 Å². The molecule has 0 spiro atoms. The largest absolute Gasteiger partial charge is 0.391 e. The zero-order valence-electron chi connectivity index (χ0n) is 10.8. The van der Waals surface area contributed by atoms with E-state index in [1.54, 1.807) is 0 Å². The average molecular weight is 247 g/mol. The van der Waals surface area contributed by atoms with Crippen LogP contribution in [0.3, 0.4) is 0 Å². The van der Waals surface area contributed by atoms with Gasteiger partial charge in [0.15, 0.2) is 0 Å². The number of hydrogen-bond acceptors (Lipinski definition) is 1. The van der Waals surface area contributed by atoms with Crippen LogP contribution in [-0.2, 0) is 0 Å². The maximum Gasteiger partial charge on any atom is 0.0176 e. The molecule has 1 N–H and O–H groups in total. The van der Waals surface area contributed by atoms with Gasteiger partial charge in [-0.25, -0.2) is 0 Å². The average Bonchev–Trinajstić information content (AvgIpc) is 3.04. The molecule has 1 aliphatic rings. The first-order valence-corrected chi connectivity index (χ1v) is 6.69. The number of rotatable bonds is 0. The summed E-state index contributed by atoms with van der Waals surface area (Å²) in [6.07, 6.45) is 5.32. The van der Waals surface area contributed by atoms with E-state index in [0.717, 1.165) is 6.54 Å². The summed E-state index contributed by atoms with van der Waals surface area (Å²) >= 11 is 0. The molecule has 1 nitrogen and oxygen atoms in total. The Labute approximate surface area is 113 Å². The lowest BCUT2D eigenvalue weighted by molar-refractivity contribution is 0.917. The Kier molecular flexibility index (Phi) is 3.46. The highest BCUT2D eigenvalue weighted by atomic mass is 14.8. The second kappa shape index (κ2) is 5.57. The molecule has 1 heterocycles. The predicted octanol–water partition coefficient (Wildman–Crippen LogP) is 4.49. The SMILES string of the molecule is C1=CNCC1.c1ccc2cc3ccccc3cc2c1. The van der Waals surface area contributed by atoms with E-state index in [2.05, 4.69) is 72.1 Å². The van der Waals surface area contributed by atoms with Crippen molar-refractivity contribution in [3.05, 3.63) is 72.9 Å². The van der Waals surface area contributed by atoms with E-state index in [4.69, 9.17) is 0 Å². The fraction of sp³-hybridized carbons (Fsp3) is 0.111. The van der Waals surface area contributed by atoms with E-state index in [0.29, 0.717) is 0 Å². The molecule has 0 saturated carbocycles. The van der Waals surface area contributed by atoms with Crippen LogP contribution < -0.4 is 5.32 Å². The molecule has 0 saturated heterocycles. The molecule has 3 aromatic rings. The molecular formula is C18H17N. The summed E-state index contributed by atoms with van der Waals surface area (Å²) in [5, 5.41) is 8.29. The summed E-state index contributed by atoms with van der Waals surface area (Å²) in [7, 11) is 0. The number of fused-ring (bicyclic) bond motifs is 2. The maximum atomic E-state index is 3.04. The van der Waals surface area contributed by atoms with E-state index in [-0.39, 0.29) is 0 Å². The van der Waals surface area contributed by atoms with Crippen LogP contribution in [0.25, 0.3) is 21.5 Å². The van der Waals surface area contributed by atoms with Crippen LogP contribution in [-0.4, -0.2) is 6.54 Å². The molecule has 0 radical (unpaired) electrons. The van der Waals surface area contributed by atoms with Crippen molar-refractivity contribution in [3.63, 3.8) is 0 Å². The van der Waals surface area contributed by atoms with Crippen molar-refractivity contribution < 1.29 is 0 Å². The summed E-state index contributed by atoms with van der Waals surface area (Å²) in [6, 6.07) is 21.4. The van der Waals surface area contributed by atoms with Gasteiger partial charge >= 0.3 is 0 Å². The molecule has 0 unspecified atom stereocenters. The Balaban J connectivity index is 0.000000187. The first-order valence-electron chi connectivity index (χ1n) is 6.69. The van der Waals surface area contributed by atoms with E-state index < -0.39 is 0 Å². The van der Waals surface area contributed by atoms with Crippen LogP contribution in [0.4, 0.5) is 0 Å². The molecule has 0 atom stereocenters. The fourth-order valence-electron chi connectivity index (χ4n) is 2.30. The Bertz CT molecular complexity index is 602. The van der Waals surface area contributed by atoms with Gasteiger partial charge in [0.2, 0.25) is 0 Å². The fourth-order valence-corrected chi connectivity index (χ4v) is 2.30. The van der Waals surface area contributed by atoms with Crippen molar-refractivity contribution >= 4 is 21.5 Å². The van der Waals surface area contributed by atoms with Crippen LogP contribution in [0.1, 0.15) is 6.42 Å². The standard InChI is InChI=1S/C14H10.C4H7N/c1-2-6-12-10-14-8-4-3-7-13(14)9-11(12)5-1;1-2-4-5-3-1/h1-10H;1,3,5H,2,4H2. The van der Waals surface area contributed by atoms with Crippen molar-refractivity contribution in [1.82, 2.24) is 5.32 Å². The Morgan fingerprint density at radius 2 is 1.16 bits per heavy atom. The Morgan fingerprint density at radius 1 is 0.684 bits per heavy atom. The first kappa shape index (κ1) is 11.8. The smallest absolute Gasteiger partial charge is 0.0176 e. The lowest BCUT2D eigenvalue weighted by Crippen LogP contribution is -1.96. The van der Waals surface area contributed by atoms with Gasteiger partial charge in [0.25, 0.3) is 0 Å². The van der Waals surface area contributed by atoms with Crippen molar-refractivity contribution in [2.45, 2.75) is 6.42 Å². The van der Waals surface area contributed by atoms with Gasteiger partial charge in [0.1, 0.15) is 0 Å². The highest BCUT2D eigenvalue weighted by molar-refractivity contribution is 5.98. The lowest BCUT2D eigenvalue weighted by Gasteiger charge is -2.00. The molecule has 4 rings (SSSR count). The van der Waals surface area contributed by atoms with E-state index in [1.165, 1.54) is 28.0 Å². The molecule has 0 fully saturated rings. The van der Waals surface area contributed by atoms with Crippen LogP contribution in [0, 0.1) is 0 Å². The van der Waals surface area contributed by atoms with Crippen LogP contribution in [0.2, 0.25) is 0 Å². The Hall–Kier alpha value is -2.28. The van der Waals surface area contributed by atoms with E-state index >= 15 is 0 Å². The Morgan fingerprint density at radius 3 is 1.42 bits per heavy atom. The molecule has 1 aliphatic heterocycles. The monoisotopic (exact) mass is 247 g/mol. The quantitative estimate of drug-likeness (QED) is 0.577. The summed E-state index contributed by atoms with van der Waals surface area (Å²) < 4.78 is 0. The highest BCUT2D eigenvalue weighted by Crippen LogP contribution is 2.21. The molecule has 3 aromatic carbocycles. The third-order valence-electron chi connectivity index (χ3n) is 3.31. The minimum atomic E-state index is 1.14. The summed E-state index contributed by atoms with van der Waals surface area (Å²) in [6.45, 7) is 1.14. The highest BCUT2D eigenvalue weighted by Gasteiger charge is 1.95. The van der Waals surface area contributed by atoms with Crippen molar-refractivity contribution in [3.8, 4) is 0 Å². The number of hydrogen-bond donors (Lipinski definition) is 1. The summed E-state index contributed by atoms with van der Waals surface area (Å²) in [5.41, 5.74) is 0. The second-order valence-electron chi connectivity index (χ2n) is 4.69. The molecule has 94 valence electrons. The molecule has 0 aliphatic carbocycles. The zero-order valence-corrected chi connectivity index (χ0v) is 10.8. The van der Waals surface area contributed by atoms with Crippen LogP contribution in [0.15, 0.2) is 72.9 Å². The molecule has 1 heteroatoms. The lowest BCUT2D eigenvalue weighted by atomic mass is 10.0. The molecule has 0 amide bonds. The van der Waals surface area contributed by atoms with Crippen LogP contribution >= 0.6 is 0 Å². The normalized spacial score (nSPS) is 13.1. The summed E-state index contributed by atoms with van der Waals surface area (Å²) in [5.74, 6) is 0. The third kappa shape index (κ3) is 2.76.